The zero-order chi connectivity index (χ0) is 11.3. The largest absolute Gasteiger partial charge is 0.330 e. The highest BCUT2D eigenvalue weighted by Crippen LogP contribution is 2.10. The van der Waals surface area contributed by atoms with Gasteiger partial charge in [0.05, 0.1) is 5.69 Å². The first-order valence-electron chi connectivity index (χ1n) is 5.54. The highest BCUT2D eigenvalue weighted by molar-refractivity contribution is 5.17. The lowest BCUT2D eigenvalue weighted by molar-refractivity contribution is 0.707. The summed E-state index contributed by atoms with van der Waals surface area (Å²) in [7, 11) is 2.00. The van der Waals surface area contributed by atoms with Crippen LogP contribution in [-0.2, 0) is 19.9 Å². The standard InChI is InChI=1S/C12H21N3/c1-4-11-9-12(15(3)14-11)8-10(2)6-5-7-13/h6,9H,4-5,7-8,13H2,1-3H3. The summed E-state index contributed by atoms with van der Waals surface area (Å²) in [5, 5.41) is 4.43. The molecule has 0 aromatic carbocycles. The van der Waals surface area contributed by atoms with Gasteiger partial charge in [0.15, 0.2) is 0 Å². The predicted octanol–water partition coefficient (Wildman–Crippen LogP) is 1.82. The monoisotopic (exact) mass is 207 g/mol. The summed E-state index contributed by atoms with van der Waals surface area (Å²) in [6.07, 6.45) is 5.14. The number of allylic oxidation sites excluding steroid dienone is 1. The molecule has 0 saturated carbocycles. The van der Waals surface area contributed by atoms with Gasteiger partial charge in [0.1, 0.15) is 0 Å². The summed E-state index contributed by atoms with van der Waals surface area (Å²) in [4.78, 5) is 0. The molecule has 2 N–H and O–H groups in total. The Morgan fingerprint density at radius 3 is 2.87 bits per heavy atom. The van der Waals surface area contributed by atoms with E-state index in [-0.39, 0.29) is 0 Å². The van der Waals surface area contributed by atoms with E-state index in [0.29, 0.717) is 0 Å². The third kappa shape index (κ3) is 3.51. The van der Waals surface area contributed by atoms with E-state index < -0.39 is 0 Å². The number of nitrogens with zero attached hydrogens (tertiary/aromatic N) is 2. The molecule has 1 rings (SSSR count). The average Bonchev–Trinajstić information content (AvgIpc) is 2.57. The van der Waals surface area contributed by atoms with Gasteiger partial charge in [-0.1, -0.05) is 18.6 Å². The van der Waals surface area contributed by atoms with Gasteiger partial charge in [-0.3, -0.25) is 4.68 Å². The van der Waals surface area contributed by atoms with E-state index in [0.717, 1.165) is 25.8 Å². The third-order valence-electron chi connectivity index (χ3n) is 2.51. The lowest BCUT2D eigenvalue weighted by Crippen LogP contribution is -2.00. The summed E-state index contributed by atoms with van der Waals surface area (Å²) in [5.41, 5.74) is 9.27. The van der Waals surface area contributed by atoms with Gasteiger partial charge in [-0.25, -0.2) is 0 Å². The molecule has 1 aromatic rings. The summed E-state index contributed by atoms with van der Waals surface area (Å²) < 4.78 is 1.97. The SMILES string of the molecule is CCc1cc(CC(C)=CCCN)n(C)n1. The van der Waals surface area contributed by atoms with Crippen molar-refractivity contribution in [3.05, 3.63) is 29.1 Å². The van der Waals surface area contributed by atoms with Crippen molar-refractivity contribution in [3.63, 3.8) is 0 Å². The number of aryl methyl sites for hydroxylation is 2. The maximum atomic E-state index is 5.46. The Morgan fingerprint density at radius 1 is 1.60 bits per heavy atom. The number of hydrogen-bond acceptors (Lipinski definition) is 2. The Balaban J connectivity index is 2.67. The fourth-order valence-electron chi connectivity index (χ4n) is 1.60. The third-order valence-corrected chi connectivity index (χ3v) is 2.51. The van der Waals surface area contributed by atoms with Gasteiger partial charge in [0, 0.05) is 19.2 Å². The van der Waals surface area contributed by atoms with Crippen LogP contribution in [0.3, 0.4) is 0 Å². The van der Waals surface area contributed by atoms with Gasteiger partial charge in [0.25, 0.3) is 0 Å². The molecule has 0 radical (unpaired) electrons. The lowest BCUT2D eigenvalue weighted by atomic mass is 10.1. The molecule has 3 heteroatoms. The second-order valence-electron chi connectivity index (χ2n) is 3.91. The van der Waals surface area contributed by atoms with Crippen LogP contribution in [0.1, 0.15) is 31.7 Å². The molecule has 0 bridgehead atoms. The molecule has 1 heterocycles. The molecule has 0 unspecified atom stereocenters. The number of hydrogen-bond donors (Lipinski definition) is 1. The number of aromatic nitrogens is 2. The molecule has 84 valence electrons. The normalized spacial score (nSPS) is 12.1. The van der Waals surface area contributed by atoms with Crippen molar-refractivity contribution in [2.24, 2.45) is 12.8 Å². The Bertz CT molecular complexity index is 337. The smallest absolute Gasteiger partial charge is 0.0624 e. The van der Waals surface area contributed by atoms with Crippen LogP contribution in [0.25, 0.3) is 0 Å². The molecular weight excluding hydrogens is 186 g/mol. The Labute approximate surface area is 92.0 Å². The van der Waals surface area contributed by atoms with Crippen LogP contribution in [-0.4, -0.2) is 16.3 Å². The van der Waals surface area contributed by atoms with E-state index in [4.69, 9.17) is 5.73 Å². The molecule has 0 saturated heterocycles. The van der Waals surface area contributed by atoms with Crippen molar-refractivity contribution in [2.45, 2.75) is 33.1 Å². The second kappa shape index (κ2) is 5.71. The van der Waals surface area contributed by atoms with E-state index in [1.165, 1.54) is 17.0 Å². The topological polar surface area (TPSA) is 43.8 Å². The zero-order valence-corrected chi connectivity index (χ0v) is 9.95. The minimum Gasteiger partial charge on any atom is -0.330 e. The molecule has 0 aliphatic carbocycles. The van der Waals surface area contributed by atoms with Crippen molar-refractivity contribution < 1.29 is 0 Å². The van der Waals surface area contributed by atoms with Gasteiger partial charge in [-0.2, -0.15) is 5.10 Å². The fraction of sp³-hybridized carbons (Fsp3) is 0.583. The van der Waals surface area contributed by atoms with E-state index in [1.807, 2.05) is 11.7 Å². The second-order valence-corrected chi connectivity index (χ2v) is 3.91. The Hall–Kier alpha value is -1.09. The first kappa shape index (κ1) is 12.0. The highest BCUT2D eigenvalue weighted by Gasteiger charge is 2.03. The van der Waals surface area contributed by atoms with E-state index in [1.54, 1.807) is 0 Å². The first-order valence-corrected chi connectivity index (χ1v) is 5.54. The lowest BCUT2D eigenvalue weighted by Gasteiger charge is -2.01. The van der Waals surface area contributed by atoms with Crippen molar-refractivity contribution >= 4 is 0 Å². The molecule has 0 atom stereocenters. The molecular formula is C12H21N3. The quantitative estimate of drug-likeness (QED) is 0.748. The van der Waals surface area contributed by atoms with E-state index in [2.05, 4.69) is 31.1 Å². The number of nitrogens with two attached hydrogens (primary N) is 1. The van der Waals surface area contributed by atoms with Crippen molar-refractivity contribution in [1.29, 1.82) is 0 Å². The first-order chi connectivity index (χ1) is 7.17. The summed E-state index contributed by atoms with van der Waals surface area (Å²) in [6, 6.07) is 2.18. The molecule has 1 aromatic heterocycles. The fourth-order valence-corrected chi connectivity index (χ4v) is 1.60. The summed E-state index contributed by atoms with van der Waals surface area (Å²) >= 11 is 0. The maximum absolute atomic E-state index is 5.46. The summed E-state index contributed by atoms with van der Waals surface area (Å²) in [6.45, 7) is 5.00. The molecule has 15 heavy (non-hydrogen) atoms. The molecule has 0 aliphatic rings. The zero-order valence-electron chi connectivity index (χ0n) is 9.95. The van der Waals surface area contributed by atoms with Crippen molar-refractivity contribution in [2.75, 3.05) is 6.54 Å². The predicted molar refractivity (Wildman–Crippen MR) is 63.7 cm³/mol. The maximum Gasteiger partial charge on any atom is 0.0624 e. The van der Waals surface area contributed by atoms with Crippen LogP contribution in [0.15, 0.2) is 17.7 Å². The molecule has 3 nitrogen and oxygen atoms in total. The molecule has 0 spiro atoms. The van der Waals surface area contributed by atoms with Crippen molar-refractivity contribution in [3.8, 4) is 0 Å². The van der Waals surface area contributed by atoms with E-state index in [9.17, 15) is 0 Å². The van der Waals surface area contributed by atoms with Gasteiger partial charge in [0.2, 0.25) is 0 Å². The van der Waals surface area contributed by atoms with Crippen LogP contribution >= 0.6 is 0 Å². The van der Waals surface area contributed by atoms with Gasteiger partial charge >= 0.3 is 0 Å². The Morgan fingerprint density at radius 2 is 2.33 bits per heavy atom. The van der Waals surface area contributed by atoms with Crippen LogP contribution in [0.2, 0.25) is 0 Å². The van der Waals surface area contributed by atoms with Crippen LogP contribution in [0.4, 0.5) is 0 Å². The van der Waals surface area contributed by atoms with E-state index >= 15 is 0 Å². The van der Waals surface area contributed by atoms with Crippen LogP contribution in [0.5, 0.6) is 0 Å². The average molecular weight is 207 g/mol. The summed E-state index contributed by atoms with van der Waals surface area (Å²) in [5.74, 6) is 0. The highest BCUT2D eigenvalue weighted by atomic mass is 15.3. The molecule has 0 aliphatic heterocycles. The van der Waals surface area contributed by atoms with Gasteiger partial charge in [-0.05, 0) is 32.4 Å². The number of rotatable bonds is 5. The van der Waals surface area contributed by atoms with Crippen molar-refractivity contribution in [1.82, 2.24) is 9.78 Å². The van der Waals surface area contributed by atoms with Gasteiger partial charge < -0.3 is 5.73 Å². The van der Waals surface area contributed by atoms with Gasteiger partial charge in [-0.15, -0.1) is 0 Å². The minimum absolute atomic E-state index is 0.725. The van der Waals surface area contributed by atoms with Crippen LogP contribution in [0, 0.1) is 0 Å². The van der Waals surface area contributed by atoms with Crippen LogP contribution < -0.4 is 5.73 Å². The molecule has 0 amide bonds. The Kier molecular flexibility index (Phi) is 4.56. The minimum atomic E-state index is 0.725. The molecule has 0 fully saturated rings.